The Morgan fingerprint density at radius 3 is 2.81 bits per heavy atom. The lowest BCUT2D eigenvalue weighted by Gasteiger charge is -2.18. The molecule has 1 N–H and O–H groups in total. The third kappa shape index (κ3) is 4.29. The summed E-state index contributed by atoms with van der Waals surface area (Å²) >= 11 is 1.70. The first-order valence-electron chi connectivity index (χ1n) is 7.47. The Hall–Kier alpha value is -1.39. The Balaban J connectivity index is 2.03. The zero-order valence-electron chi connectivity index (χ0n) is 13.3. The summed E-state index contributed by atoms with van der Waals surface area (Å²) in [6, 6.07) is 6.70. The van der Waals surface area contributed by atoms with E-state index in [1.807, 2.05) is 5.51 Å². The van der Waals surface area contributed by atoms with Crippen molar-refractivity contribution < 1.29 is 4.74 Å². The van der Waals surface area contributed by atoms with Crippen LogP contribution in [0.25, 0.3) is 0 Å². The summed E-state index contributed by atoms with van der Waals surface area (Å²) in [5, 5.41) is 3.45. The van der Waals surface area contributed by atoms with Gasteiger partial charge in [-0.1, -0.05) is 24.6 Å². The summed E-state index contributed by atoms with van der Waals surface area (Å²) < 4.78 is 6.03. The lowest BCUT2D eigenvalue weighted by molar-refractivity contribution is 0.316. The number of nitrogens with zero attached hydrogens (tertiary/aromatic N) is 1. The quantitative estimate of drug-likeness (QED) is 0.838. The van der Waals surface area contributed by atoms with E-state index in [2.05, 4.69) is 56.2 Å². The molecule has 0 saturated carbocycles. The van der Waals surface area contributed by atoms with Gasteiger partial charge in [0, 0.05) is 22.9 Å². The van der Waals surface area contributed by atoms with Gasteiger partial charge in [-0.05, 0) is 33.4 Å². The Labute approximate surface area is 131 Å². The Morgan fingerprint density at radius 1 is 1.33 bits per heavy atom. The van der Waals surface area contributed by atoms with E-state index in [0.717, 1.165) is 24.4 Å². The summed E-state index contributed by atoms with van der Waals surface area (Å²) in [4.78, 5) is 5.59. The second-order valence-corrected chi connectivity index (χ2v) is 6.22. The van der Waals surface area contributed by atoms with Gasteiger partial charge in [-0.3, -0.25) is 0 Å². The van der Waals surface area contributed by atoms with Crippen LogP contribution in [-0.4, -0.2) is 18.1 Å². The normalized spacial score (nSPS) is 12.4. The molecule has 0 fully saturated rings. The summed E-state index contributed by atoms with van der Waals surface area (Å²) in [7, 11) is 0. The van der Waals surface area contributed by atoms with Gasteiger partial charge in [0.05, 0.1) is 17.8 Å². The maximum Gasteiger partial charge on any atom is 0.124 e. The molecular formula is C17H24N2OS. The third-order valence-corrected chi connectivity index (χ3v) is 4.57. The Kier molecular flexibility index (Phi) is 5.76. The van der Waals surface area contributed by atoms with Gasteiger partial charge in [-0.15, -0.1) is 11.3 Å². The number of benzene rings is 1. The molecular weight excluding hydrogens is 280 g/mol. The van der Waals surface area contributed by atoms with Gasteiger partial charge in [-0.25, -0.2) is 4.98 Å². The van der Waals surface area contributed by atoms with Crippen LogP contribution in [-0.2, 0) is 6.42 Å². The molecule has 2 rings (SSSR count). The predicted molar refractivity (Wildman–Crippen MR) is 89.3 cm³/mol. The van der Waals surface area contributed by atoms with Crippen LogP contribution in [0.2, 0.25) is 0 Å². The number of ether oxygens (including phenoxy) is 1. The lowest BCUT2D eigenvalue weighted by atomic mass is 10.0. The van der Waals surface area contributed by atoms with E-state index in [1.165, 1.54) is 16.0 Å². The highest BCUT2D eigenvalue weighted by Crippen LogP contribution is 2.26. The molecule has 0 bridgehead atoms. The summed E-state index contributed by atoms with van der Waals surface area (Å²) in [5.74, 6) is 0.983. The molecule has 0 spiro atoms. The van der Waals surface area contributed by atoms with Crippen molar-refractivity contribution in [2.45, 2.75) is 40.2 Å². The zero-order valence-corrected chi connectivity index (χ0v) is 14.1. The molecule has 0 aliphatic rings. The first-order chi connectivity index (χ1) is 10.1. The van der Waals surface area contributed by atoms with Crippen molar-refractivity contribution in [1.82, 2.24) is 10.3 Å². The second kappa shape index (κ2) is 7.57. The molecule has 1 unspecified atom stereocenters. The number of thiazole rings is 1. The third-order valence-electron chi connectivity index (χ3n) is 3.57. The molecule has 0 amide bonds. The van der Waals surface area contributed by atoms with Crippen LogP contribution in [0.15, 0.2) is 23.7 Å². The number of aryl methyl sites for hydroxylation is 2. The van der Waals surface area contributed by atoms with Crippen LogP contribution in [0.5, 0.6) is 5.75 Å². The molecule has 1 heterocycles. The van der Waals surface area contributed by atoms with Crippen LogP contribution in [0, 0.1) is 13.8 Å². The monoisotopic (exact) mass is 304 g/mol. The molecule has 3 nitrogen and oxygen atoms in total. The molecule has 1 atom stereocenters. The fraction of sp³-hybridized carbons (Fsp3) is 0.471. The number of rotatable bonds is 7. The van der Waals surface area contributed by atoms with Crippen LogP contribution in [0.3, 0.4) is 0 Å². The molecule has 0 aliphatic heterocycles. The van der Waals surface area contributed by atoms with Crippen LogP contribution >= 0.6 is 11.3 Å². The van der Waals surface area contributed by atoms with E-state index in [9.17, 15) is 0 Å². The average molecular weight is 304 g/mol. The molecule has 114 valence electrons. The number of aromatic nitrogens is 1. The number of nitrogens with one attached hydrogen (secondary N) is 1. The van der Waals surface area contributed by atoms with Crippen LogP contribution < -0.4 is 10.1 Å². The Bertz CT molecular complexity index is 580. The number of hydrogen-bond donors (Lipinski definition) is 1. The van der Waals surface area contributed by atoms with Crippen molar-refractivity contribution in [3.8, 4) is 5.75 Å². The standard InChI is InChI=1S/C17H24N2OS/c1-5-18-13(3)15-10-12(2)6-7-16(15)20-9-8-17-14(4)19-11-21-17/h6-7,10-11,13,18H,5,8-9H2,1-4H3. The molecule has 0 aliphatic carbocycles. The van der Waals surface area contributed by atoms with Gasteiger partial charge in [0.25, 0.3) is 0 Å². The van der Waals surface area contributed by atoms with Crippen molar-refractivity contribution in [3.63, 3.8) is 0 Å². The maximum atomic E-state index is 6.03. The summed E-state index contributed by atoms with van der Waals surface area (Å²) in [6.45, 7) is 10.1. The molecule has 1 aromatic heterocycles. The largest absolute Gasteiger partial charge is 0.493 e. The Morgan fingerprint density at radius 2 is 2.14 bits per heavy atom. The second-order valence-electron chi connectivity index (χ2n) is 5.28. The van der Waals surface area contributed by atoms with E-state index < -0.39 is 0 Å². The van der Waals surface area contributed by atoms with Gasteiger partial charge in [-0.2, -0.15) is 0 Å². The first kappa shape index (κ1) is 16.0. The maximum absolute atomic E-state index is 6.03. The van der Waals surface area contributed by atoms with Crippen molar-refractivity contribution in [1.29, 1.82) is 0 Å². The smallest absolute Gasteiger partial charge is 0.124 e. The molecule has 0 radical (unpaired) electrons. The summed E-state index contributed by atoms with van der Waals surface area (Å²) in [6.07, 6.45) is 0.916. The predicted octanol–water partition coefficient (Wildman–Crippen LogP) is 4.05. The minimum atomic E-state index is 0.301. The molecule has 21 heavy (non-hydrogen) atoms. The van der Waals surface area contributed by atoms with Gasteiger partial charge < -0.3 is 10.1 Å². The highest BCUT2D eigenvalue weighted by molar-refractivity contribution is 7.09. The fourth-order valence-corrected chi connectivity index (χ4v) is 3.14. The van der Waals surface area contributed by atoms with Crippen molar-refractivity contribution in [2.75, 3.05) is 13.2 Å². The highest BCUT2D eigenvalue weighted by Gasteiger charge is 2.11. The van der Waals surface area contributed by atoms with Crippen LogP contribution in [0.1, 0.15) is 41.6 Å². The highest BCUT2D eigenvalue weighted by atomic mass is 32.1. The van der Waals surface area contributed by atoms with E-state index >= 15 is 0 Å². The minimum Gasteiger partial charge on any atom is -0.493 e. The average Bonchev–Trinajstić information content (AvgIpc) is 2.86. The fourth-order valence-electron chi connectivity index (χ4n) is 2.37. The van der Waals surface area contributed by atoms with Gasteiger partial charge in [0.15, 0.2) is 0 Å². The molecule has 0 saturated heterocycles. The first-order valence-corrected chi connectivity index (χ1v) is 8.35. The topological polar surface area (TPSA) is 34.1 Å². The molecule has 1 aromatic carbocycles. The zero-order chi connectivity index (χ0) is 15.2. The van der Waals surface area contributed by atoms with Crippen molar-refractivity contribution in [2.24, 2.45) is 0 Å². The van der Waals surface area contributed by atoms with E-state index in [-0.39, 0.29) is 0 Å². The van der Waals surface area contributed by atoms with Crippen molar-refractivity contribution >= 4 is 11.3 Å². The van der Waals surface area contributed by atoms with Crippen molar-refractivity contribution in [3.05, 3.63) is 45.4 Å². The van der Waals surface area contributed by atoms with E-state index in [1.54, 1.807) is 11.3 Å². The molecule has 4 heteroatoms. The van der Waals surface area contributed by atoms with Gasteiger partial charge in [0.1, 0.15) is 5.75 Å². The SMILES string of the molecule is CCNC(C)c1cc(C)ccc1OCCc1scnc1C. The van der Waals surface area contributed by atoms with Gasteiger partial charge >= 0.3 is 0 Å². The van der Waals surface area contributed by atoms with Gasteiger partial charge in [0.2, 0.25) is 0 Å². The lowest BCUT2D eigenvalue weighted by Crippen LogP contribution is -2.19. The van der Waals surface area contributed by atoms with E-state index in [4.69, 9.17) is 4.74 Å². The minimum absolute atomic E-state index is 0.301. The van der Waals surface area contributed by atoms with Crippen LogP contribution in [0.4, 0.5) is 0 Å². The number of hydrogen-bond acceptors (Lipinski definition) is 4. The summed E-state index contributed by atoms with van der Waals surface area (Å²) in [5.41, 5.74) is 5.52. The van der Waals surface area contributed by atoms with E-state index in [0.29, 0.717) is 12.6 Å². The molecule has 2 aromatic rings.